The lowest BCUT2D eigenvalue weighted by atomic mass is 9.71. The summed E-state index contributed by atoms with van der Waals surface area (Å²) in [7, 11) is -0.219. The van der Waals surface area contributed by atoms with E-state index in [0.717, 1.165) is 153 Å². The molecule has 0 radical (unpaired) electrons. The van der Waals surface area contributed by atoms with Crippen LogP contribution in [0, 0.1) is 53.3 Å². The van der Waals surface area contributed by atoms with Crippen molar-refractivity contribution < 1.29 is 96.7 Å². The summed E-state index contributed by atoms with van der Waals surface area (Å²) in [6.45, 7) is 18.8. The number of carbonyl (C=O) groups is 3. The van der Waals surface area contributed by atoms with Crippen LogP contribution in [0.2, 0.25) is 0 Å². The molecule has 3 aromatic heterocycles. The number of allylic oxidation sites excluding steroid dienone is 2. The molecule has 2 amide bonds. The standard InChI is InChI=1S/C18H20F3NO.C17H19F3N2O.C14H23BO4.C12H16O2S.C12H14O2S.C11H12F3N.C7H10O2.C4H3BrS/c19-18(20,21)13-4-1-3-11(9-13)12-7-8-22(10-12)17(23)16-14-5-2-6-15(14)16;18-17(19,20)12-3-1-2-10(6-12)11-4-5-22(9-11)16(23)15-13-7-21-8-14(13)15;1-12(2)13(3,4)19-15(18-12)11-5-7-14(8-6-11)16-9-10-17-14;2*1-4-12(13-6-7-14-12)5-2-10(1)11-3-8-15-9-11;12-11(13,14)10-3-1-2-8(6-10)9-4-5-15-7-9;8-7(9)6-4-2-1-3-5(4)6;5-4-1-2-6-3-4/h1,3-4,9,12,14-16H,2,5-8,10H2;1-3,6,11,13-15,21H,4-5,7-9H2;5H,6-10H2,1-4H3;3,8-10H,1-2,4-7H2;1,3,8-9H,2,4-7H2;1-3,6,9,15H,4-5,7H2;4-6H,1-3H2,(H,8,9);1-3H/t12?,14-,15+,16?;11?,13-,14+,15?;;;;;4-,5+,6?;. The van der Waals surface area contributed by atoms with E-state index in [9.17, 15) is 53.9 Å². The first-order chi connectivity index (χ1) is 59.8. The summed E-state index contributed by atoms with van der Waals surface area (Å²) in [4.78, 5) is 39.2. The Morgan fingerprint density at radius 1 is 0.464 bits per heavy atom. The number of amides is 2. The van der Waals surface area contributed by atoms with E-state index in [1.54, 1.807) is 52.2 Å². The molecule has 22 rings (SSSR count). The van der Waals surface area contributed by atoms with Gasteiger partial charge in [-0.05, 0) is 283 Å². The maximum Gasteiger partial charge on any atom is 0.490 e. The normalized spacial score (nSPS) is 29.4. The molecule has 6 saturated carbocycles. The van der Waals surface area contributed by atoms with E-state index in [1.807, 2.05) is 26.6 Å². The Morgan fingerprint density at radius 2 is 0.912 bits per heavy atom. The van der Waals surface area contributed by atoms with Crippen molar-refractivity contribution in [2.75, 3.05) is 92.0 Å². The Bertz CT molecular complexity index is 4460. The summed E-state index contributed by atoms with van der Waals surface area (Å²) < 4.78 is 162. The van der Waals surface area contributed by atoms with Crippen LogP contribution in [0.1, 0.15) is 218 Å². The minimum Gasteiger partial charge on any atom is -0.481 e. The number of carboxylic acid groups (broad SMARTS) is 1. The molecular formula is C95H117BBrF9N4O12S3. The number of hydrogen-bond acceptors (Lipinski definition) is 16. The molecule has 0 bridgehead atoms. The number of fused-ring (bicyclic) bond motifs is 3. The van der Waals surface area contributed by atoms with Crippen LogP contribution < -0.4 is 10.6 Å². The van der Waals surface area contributed by atoms with E-state index in [4.69, 9.17) is 42.8 Å². The highest BCUT2D eigenvalue weighted by Crippen LogP contribution is 2.60. The number of nitrogens with zero attached hydrogens (tertiary/aromatic N) is 2. The van der Waals surface area contributed by atoms with Crippen molar-refractivity contribution in [3.8, 4) is 0 Å². The van der Waals surface area contributed by atoms with Gasteiger partial charge in [0.15, 0.2) is 17.4 Å². The Labute approximate surface area is 748 Å². The zero-order valence-electron chi connectivity index (χ0n) is 71.5. The fourth-order valence-corrected chi connectivity index (χ4v) is 23.5. The number of piperidine rings is 1. The van der Waals surface area contributed by atoms with Crippen molar-refractivity contribution in [2.24, 2.45) is 53.3 Å². The number of benzene rings is 3. The molecule has 680 valence electrons. The maximum atomic E-state index is 12.8. The van der Waals surface area contributed by atoms with Crippen LogP contribution in [-0.2, 0) is 70.6 Å². The van der Waals surface area contributed by atoms with Crippen molar-refractivity contribution in [1.29, 1.82) is 0 Å². The lowest BCUT2D eigenvalue weighted by Gasteiger charge is -2.35. The zero-order valence-corrected chi connectivity index (χ0v) is 75.6. The molecule has 14 fully saturated rings. The maximum absolute atomic E-state index is 12.8. The molecular weight excluding hydrogens is 1750 g/mol. The van der Waals surface area contributed by atoms with Gasteiger partial charge < -0.3 is 63.3 Å². The van der Waals surface area contributed by atoms with Crippen molar-refractivity contribution >= 4 is 80.4 Å². The summed E-state index contributed by atoms with van der Waals surface area (Å²) in [5.74, 6) is 3.74. The number of halogens is 10. The van der Waals surface area contributed by atoms with Crippen LogP contribution in [0.15, 0.2) is 145 Å². The number of nitrogens with one attached hydrogen (secondary N) is 2. The van der Waals surface area contributed by atoms with Gasteiger partial charge in [0.05, 0.1) is 73.5 Å². The van der Waals surface area contributed by atoms with Gasteiger partial charge in [0.1, 0.15) is 0 Å². The fourth-order valence-electron chi connectivity index (χ4n) is 20.9. The van der Waals surface area contributed by atoms with Crippen LogP contribution in [0.3, 0.4) is 0 Å². The van der Waals surface area contributed by atoms with Gasteiger partial charge in [-0.1, -0.05) is 79.6 Å². The first-order valence-electron chi connectivity index (χ1n) is 44.8. The fraction of sp³-hybridized carbons (Fsp3) is 0.611. The molecule has 6 unspecified atom stereocenters. The molecule has 8 saturated heterocycles. The predicted molar refractivity (Wildman–Crippen MR) is 468 cm³/mol. The number of aliphatic carboxylic acids is 1. The minimum atomic E-state index is -4.32. The highest BCUT2D eigenvalue weighted by molar-refractivity contribution is 9.10. The summed E-state index contributed by atoms with van der Waals surface area (Å²) >= 11 is 8.53. The highest BCUT2D eigenvalue weighted by atomic mass is 79.9. The number of carbonyl (C=O) groups excluding carboxylic acids is 2. The summed E-state index contributed by atoms with van der Waals surface area (Å²) in [5.41, 5.74) is 5.42. The lowest BCUT2D eigenvalue weighted by Crippen LogP contribution is -2.41. The van der Waals surface area contributed by atoms with Crippen molar-refractivity contribution in [3.05, 3.63) is 190 Å². The quantitative estimate of drug-likeness (QED) is 0.0921. The van der Waals surface area contributed by atoms with Gasteiger partial charge in [-0.2, -0.15) is 73.5 Å². The smallest absolute Gasteiger partial charge is 0.481 e. The molecule has 16 aliphatic rings. The van der Waals surface area contributed by atoms with E-state index < -0.39 is 41.2 Å². The van der Waals surface area contributed by atoms with Crippen LogP contribution in [0.4, 0.5) is 39.5 Å². The summed E-state index contributed by atoms with van der Waals surface area (Å²) in [6, 6.07) is 23.2. The lowest BCUT2D eigenvalue weighted by molar-refractivity contribution is -0.178. The molecule has 6 aromatic rings. The van der Waals surface area contributed by atoms with E-state index in [2.05, 4.69) is 100 Å². The number of rotatable bonds is 9. The summed E-state index contributed by atoms with van der Waals surface area (Å²) in [6.07, 6.45) is 11.3. The number of hydrogen-bond donors (Lipinski definition) is 3. The monoisotopic (exact) mass is 1860 g/mol. The van der Waals surface area contributed by atoms with Gasteiger partial charge in [0, 0.05) is 105 Å². The first-order valence-corrected chi connectivity index (χ1v) is 48.4. The van der Waals surface area contributed by atoms with Gasteiger partial charge in [0.2, 0.25) is 11.8 Å². The number of ether oxygens (including phenoxy) is 6. The van der Waals surface area contributed by atoms with Gasteiger partial charge in [-0.25, -0.2) is 0 Å². The van der Waals surface area contributed by atoms with Gasteiger partial charge >= 0.3 is 31.6 Å². The SMILES string of the molecule is Brc1ccsc1.C1=C(c2ccsc2)CCC2(C1)OCCO2.CC1(C)OB(C2=CCC3(CC2)OCCO3)OC1(C)C.FC(F)(F)c1cccc(C2CCNC2)c1.O=C(C1[C@H]2CCC[C@@H]12)N1CCC(c2cccc(C(F)(F)F)c2)C1.O=C(C1[C@H]2CNC[C@@H]12)N1CCC(c2cccc(C(F)(F)F)c2)C1.O=C(O)C1[C@H]2CCC[C@@H]12.c1cc(C2CCC3(CC2)OCCO3)cs1. The van der Waals surface area contributed by atoms with Gasteiger partial charge in [0.25, 0.3) is 0 Å². The third-order valence-electron chi connectivity index (χ3n) is 28.9. The Hall–Kier alpha value is -5.84. The van der Waals surface area contributed by atoms with Crippen LogP contribution in [-0.4, -0.2) is 160 Å². The van der Waals surface area contributed by atoms with Crippen LogP contribution >= 0.6 is 49.9 Å². The Balaban J connectivity index is 0.000000113. The number of carboxylic acids is 1. The molecule has 8 aliphatic heterocycles. The molecule has 11 heterocycles. The Kier molecular flexibility index (Phi) is 30.1. The molecule has 8 aliphatic carbocycles. The van der Waals surface area contributed by atoms with Gasteiger partial charge in [-0.15, -0.1) is 0 Å². The zero-order chi connectivity index (χ0) is 88.1. The molecule has 16 nitrogen and oxygen atoms in total. The minimum absolute atomic E-state index is 0.0120. The van der Waals surface area contributed by atoms with Crippen LogP contribution in [0.25, 0.3) is 5.57 Å². The highest BCUT2D eigenvalue weighted by Gasteiger charge is 2.61. The second kappa shape index (κ2) is 40.1. The van der Waals surface area contributed by atoms with E-state index in [-0.39, 0.29) is 83.0 Å². The average Bonchev–Trinajstić information content (AvgIpc) is 1.58. The molecule has 3 aromatic carbocycles. The topological polar surface area (TPSA) is 176 Å². The number of likely N-dealkylation sites (tertiary alicyclic amines) is 2. The molecule has 12 atom stereocenters. The van der Waals surface area contributed by atoms with E-state index in [1.165, 1.54) is 114 Å². The third-order valence-corrected chi connectivity index (χ3v) is 31.8. The van der Waals surface area contributed by atoms with Crippen molar-refractivity contribution in [2.45, 2.75) is 220 Å². The first kappa shape index (κ1) is 93.8. The van der Waals surface area contributed by atoms with E-state index in [0.29, 0.717) is 86.0 Å². The van der Waals surface area contributed by atoms with Gasteiger partial charge in [-0.3, -0.25) is 14.4 Å². The number of thiophene rings is 3. The molecule has 125 heavy (non-hydrogen) atoms. The molecule has 3 spiro atoms. The Morgan fingerprint density at radius 3 is 1.30 bits per heavy atom. The second-order valence-corrected chi connectivity index (χ2v) is 40.4. The largest absolute Gasteiger partial charge is 0.490 e. The molecule has 30 heteroatoms. The van der Waals surface area contributed by atoms with E-state index >= 15 is 0 Å². The average molecular weight is 1860 g/mol. The van der Waals surface area contributed by atoms with Crippen molar-refractivity contribution in [1.82, 2.24) is 20.4 Å². The van der Waals surface area contributed by atoms with Crippen molar-refractivity contribution in [3.63, 3.8) is 0 Å². The third kappa shape index (κ3) is 23.2. The number of alkyl halides is 9. The van der Waals surface area contributed by atoms with Crippen LogP contribution in [0.5, 0.6) is 0 Å². The second-order valence-electron chi connectivity index (χ2n) is 37.1. The molecule has 3 N–H and O–H groups in total. The summed E-state index contributed by atoms with van der Waals surface area (Å²) in [5, 5.41) is 27.8. The predicted octanol–water partition coefficient (Wildman–Crippen LogP) is 21.6.